The molecule has 1 fully saturated rings. The molecular formula is C18H19NO4. The number of fused-ring (bicyclic) bond motifs is 8. The van der Waals surface area contributed by atoms with Crippen molar-refractivity contribution in [2.24, 2.45) is 5.92 Å². The van der Waals surface area contributed by atoms with E-state index in [0.717, 1.165) is 31.0 Å². The first-order chi connectivity index (χ1) is 11.2. The molecule has 5 nitrogen and oxygen atoms in total. The van der Waals surface area contributed by atoms with Gasteiger partial charge in [-0.15, -0.1) is 0 Å². The van der Waals surface area contributed by atoms with Gasteiger partial charge >= 0.3 is 5.97 Å². The van der Waals surface area contributed by atoms with Crippen molar-refractivity contribution >= 4 is 5.97 Å². The van der Waals surface area contributed by atoms with Crippen LogP contribution in [0.3, 0.4) is 0 Å². The van der Waals surface area contributed by atoms with E-state index in [0.29, 0.717) is 24.7 Å². The van der Waals surface area contributed by atoms with Crippen LogP contribution in [0, 0.1) is 5.92 Å². The van der Waals surface area contributed by atoms with Crippen molar-refractivity contribution in [1.29, 1.82) is 0 Å². The molecule has 5 rings (SSSR count). The fraction of sp³-hybridized carbons (Fsp3) is 0.500. The van der Waals surface area contributed by atoms with Gasteiger partial charge < -0.3 is 14.2 Å². The third kappa shape index (κ3) is 1.92. The summed E-state index contributed by atoms with van der Waals surface area (Å²) < 4.78 is 16.7. The molecule has 1 aliphatic carbocycles. The van der Waals surface area contributed by atoms with E-state index in [1.54, 1.807) is 0 Å². The standard InChI is InChI=1S/C18H19NO4/c1-10(20)23-15-4-2-3-14-18(15)13-8-19(14)7-11-5-16-17(6-12(11)13)22-9-21-16/h2,4-6,13-15,18H,3,7-9H2,1H3/t13-,14-,15-,18+/m0/s1. The average Bonchev–Trinajstić information content (AvgIpc) is 3.09. The predicted molar refractivity (Wildman–Crippen MR) is 82.3 cm³/mol. The zero-order chi connectivity index (χ0) is 15.6. The molecule has 0 amide bonds. The van der Waals surface area contributed by atoms with Crippen molar-refractivity contribution in [2.75, 3.05) is 13.3 Å². The summed E-state index contributed by atoms with van der Waals surface area (Å²) in [7, 11) is 0. The second kappa shape index (κ2) is 4.74. The number of nitrogens with zero attached hydrogens (tertiary/aromatic N) is 1. The van der Waals surface area contributed by atoms with Gasteiger partial charge in [-0.3, -0.25) is 9.69 Å². The van der Waals surface area contributed by atoms with E-state index in [1.165, 1.54) is 18.1 Å². The van der Waals surface area contributed by atoms with Gasteiger partial charge in [0.05, 0.1) is 0 Å². The second-order valence-electron chi connectivity index (χ2n) is 6.82. The van der Waals surface area contributed by atoms with Crippen LogP contribution in [0.2, 0.25) is 0 Å². The number of benzene rings is 1. The van der Waals surface area contributed by atoms with Crippen LogP contribution >= 0.6 is 0 Å². The summed E-state index contributed by atoms with van der Waals surface area (Å²) in [6.45, 7) is 3.76. The highest BCUT2D eigenvalue weighted by atomic mass is 16.7. The summed E-state index contributed by atoms with van der Waals surface area (Å²) in [6, 6.07) is 4.71. The van der Waals surface area contributed by atoms with E-state index >= 15 is 0 Å². The topological polar surface area (TPSA) is 48.0 Å². The highest BCUT2D eigenvalue weighted by Crippen LogP contribution is 2.51. The predicted octanol–water partition coefficient (Wildman–Crippen LogP) is 2.20. The summed E-state index contributed by atoms with van der Waals surface area (Å²) in [6.07, 6.45) is 5.13. The van der Waals surface area contributed by atoms with Gasteiger partial charge in [-0.2, -0.15) is 0 Å². The molecule has 1 aromatic carbocycles. The maximum Gasteiger partial charge on any atom is 0.303 e. The Kier molecular flexibility index (Phi) is 2.77. The van der Waals surface area contributed by atoms with Crippen LogP contribution in [0.15, 0.2) is 24.3 Å². The molecule has 5 heteroatoms. The first kappa shape index (κ1) is 13.4. The van der Waals surface area contributed by atoms with Crippen molar-refractivity contribution < 1.29 is 19.0 Å². The van der Waals surface area contributed by atoms with Crippen LogP contribution in [0.4, 0.5) is 0 Å². The van der Waals surface area contributed by atoms with Gasteiger partial charge in [0.2, 0.25) is 6.79 Å². The van der Waals surface area contributed by atoms with Crippen LogP contribution in [0.1, 0.15) is 30.4 Å². The summed E-state index contributed by atoms with van der Waals surface area (Å²) in [5, 5.41) is 0. The van der Waals surface area contributed by atoms with Crippen LogP contribution in [0.25, 0.3) is 0 Å². The maximum absolute atomic E-state index is 11.5. The summed E-state index contributed by atoms with van der Waals surface area (Å²) in [5.74, 6) is 2.20. The monoisotopic (exact) mass is 313 g/mol. The van der Waals surface area contributed by atoms with Crippen molar-refractivity contribution in [1.82, 2.24) is 4.90 Å². The lowest BCUT2D eigenvalue weighted by atomic mass is 9.77. The van der Waals surface area contributed by atoms with Crippen LogP contribution in [-0.2, 0) is 16.1 Å². The molecule has 23 heavy (non-hydrogen) atoms. The minimum absolute atomic E-state index is 0.127. The quantitative estimate of drug-likeness (QED) is 0.588. The second-order valence-corrected chi connectivity index (χ2v) is 6.82. The molecule has 0 radical (unpaired) electrons. The highest BCUT2D eigenvalue weighted by Gasteiger charge is 2.50. The van der Waals surface area contributed by atoms with Gasteiger partial charge in [-0.05, 0) is 35.8 Å². The molecule has 3 aliphatic heterocycles. The zero-order valence-corrected chi connectivity index (χ0v) is 13.0. The van der Waals surface area contributed by atoms with E-state index in [-0.39, 0.29) is 12.1 Å². The van der Waals surface area contributed by atoms with Crippen molar-refractivity contribution in [2.45, 2.75) is 38.0 Å². The Morgan fingerprint density at radius 2 is 2.13 bits per heavy atom. The van der Waals surface area contributed by atoms with Gasteiger partial charge in [0, 0.05) is 37.9 Å². The van der Waals surface area contributed by atoms with E-state index in [1.807, 2.05) is 0 Å². The zero-order valence-electron chi connectivity index (χ0n) is 13.0. The average molecular weight is 313 g/mol. The molecule has 1 unspecified atom stereocenters. The Bertz CT molecular complexity index is 713. The SMILES string of the molecule is CC(=O)O[C@H]1C=CC[C@H]2[C@H]1[C@H]1CN2Cc2cc3c(cc21)OCO3. The minimum Gasteiger partial charge on any atom is -0.458 e. The van der Waals surface area contributed by atoms with E-state index in [9.17, 15) is 4.79 Å². The first-order valence-corrected chi connectivity index (χ1v) is 8.21. The highest BCUT2D eigenvalue weighted by molar-refractivity contribution is 5.66. The molecular weight excluding hydrogens is 294 g/mol. The fourth-order valence-corrected chi connectivity index (χ4v) is 4.75. The number of ether oxygens (including phenoxy) is 3. The molecule has 0 saturated carbocycles. The molecule has 0 spiro atoms. The van der Waals surface area contributed by atoms with Crippen molar-refractivity contribution in [3.8, 4) is 11.5 Å². The van der Waals surface area contributed by atoms with Gasteiger partial charge in [-0.1, -0.05) is 6.08 Å². The molecule has 4 aliphatic rings. The fourth-order valence-electron chi connectivity index (χ4n) is 4.75. The van der Waals surface area contributed by atoms with E-state index in [4.69, 9.17) is 14.2 Å². The van der Waals surface area contributed by atoms with Crippen molar-refractivity contribution in [3.63, 3.8) is 0 Å². The number of hydrogen-bond donors (Lipinski definition) is 0. The Balaban J connectivity index is 1.57. The smallest absolute Gasteiger partial charge is 0.303 e. The summed E-state index contributed by atoms with van der Waals surface area (Å²) in [5.41, 5.74) is 2.66. The Morgan fingerprint density at radius 3 is 2.96 bits per heavy atom. The van der Waals surface area contributed by atoms with Gasteiger partial charge in [-0.25, -0.2) is 0 Å². The molecule has 1 saturated heterocycles. The molecule has 120 valence electrons. The lowest BCUT2D eigenvalue weighted by Gasteiger charge is -2.33. The normalized spacial score (nSPS) is 35.6. The van der Waals surface area contributed by atoms with Crippen LogP contribution in [0.5, 0.6) is 11.5 Å². The Labute approximate surface area is 134 Å². The lowest BCUT2D eigenvalue weighted by Crippen LogP contribution is -2.39. The van der Waals surface area contributed by atoms with Crippen LogP contribution < -0.4 is 9.47 Å². The van der Waals surface area contributed by atoms with Crippen LogP contribution in [-0.4, -0.2) is 36.4 Å². The molecule has 0 N–H and O–H groups in total. The number of hydrogen-bond acceptors (Lipinski definition) is 5. The molecule has 5 atom stereocenters. The largest absolute Gasteiger partial charge is 0.458 e. The molecule has 1 aromatic rings. The Hall–Kier alpha value is -2.01. The number of carbonyl (C=O) groups excluding carboxylic acids is 1. The third-order valence-corrected chi connectivity index (χ3v) is 5.60. The molecule has 2 bridgehead atoms. The summed E-state index contributed by atoms with van der Waals surface area (Å²) in [4.78, 5) is 14.0. The van der Waals surface area contributed by atoms with Gasteiger partial charge in [0.1, 0.15) is 6.10 Å². The van der Waals surface area contributed by atoms with Gasteiger partial charge in [0.25, 0.3) is 0 Å². The van der Waals surface area contributed by atoms with Crippen molar-refractivity contribution in [3.05, 3.63) is 35.4 Å². The summed E-state index contributed by atoms with van der Waals surface area (Å²) >= 11 is 0. The minimum atomic E-state index is -0.206. The number of carbonyl (C=O) groups is 1. The van der Waals surface area contributed by atoms with E-state index < -0.39 is 0 Å². The number of rotatable bonds is 1. The van der Waals surface area contributed by atoms with E-state index in [2.05, 4.69) is 29.2 Å². The maximum atomic E-state index is 11.5. The third-order valence-electron chi connectivity index (χ3n) is 5.60. The van der Waals surface area contributed by atoms with Gasteiger partial charge in [0.15, 0.2) is 11.5 Å². The number of esters is 1. The first-order valence-electron chi connectivity index (χ1n) is 8.21. The molecule has 3 heterocycles. The lowest BCUT2D eigenvalue weighted by molar-refractivity contribution is -0.147. The molecule has 0 aromatic heterocycles. The Morgan fingerprint density at radius 1 is 1.30 bits per heavy atom.